The van der Waals surface area contributed by atoms with E-state index in [0.717, 1.165) is 6.07 Å². The molecule has 1 aromatic carbocycles. The SMILES string of the molecule is Cl.N[C@H](CF)c1c(O)c(Br)cc(F)c1F. The third-order valence-corrected chi connectivity index (χ3v) is 2.32. The van der Waals surface area contributed by atoms with Gasteiger partial charge in [0.25, 0.3) is 0 Å². The van der Waals surface area contributed by atoms with Gasteiger partial charge in [0.2, 0.25) is 0 Å². The second-order valence-electron chi connectivity index (χ2n) is 2.68. The molecule has 0 aliphatic rings. The first kappa shape index (κ1) is 14.5. The monoisotopic (exact) mass is 305 g/mol. The number of alkyl halides is 1. The topological polar surface area (TPSA) is 46.2 Å². The number of aromatic hydroxyl groups is 1. The molecule has 1 aromatic rings. The van der Waals surface area contributed by atoms with E-state index >= 15 is 0 Å². The minimum absolute atomic E-state index is 0. The molecule has 0 spiro atoms. The first-order chi connectivity index (χ1) is 6.49. The first-order valence-corrected chi connectivity index (χ1v) is 4.46. The van der Waals surface area contributed by atoms with Crippen LogP contribution in [0.25, 0.3) is 0 Å². The van der Waals surface area contributed by atoms with Crippen molar-refractivity contribution < 1.29 is 18.3 Å². The minimum atomic E-state index is -1.37. The van der Waals surface area contributed by atoms with Crippen LogP contribution < -0.4 is 5.73 Å². The fourth-order valence-corrected chi connectivity index (χ4v) is 1.43. The van der Waals surface area contributed by atoms with Gasteiger partial charge in [-0.25, -0.2) is 13.2 Å². The van der Waals surface area contributed by atoms with Crippen LogP contribution in [0.4, 0.5) is 13.2 Å². The summed E-state index contributed by atoms with van der Waals surface area (Å²) in [6, 6.07) is -0.624. The fourth-order valence-electron chi connectivity index (χ4n) is 1.02. The Balaban J connectivity index is 0.00000196. The predicted molar refractivity (Wildman–Crippen MR) is 55.9 cm³/mol. The largest absolute Gasteiger partial charge is 0.506 e. The van der Waals surface area contributed by atoms with Crippen molar-refractivity contribution in [3.8, 4) is 5.75 Å². The Bertz CT molecular complexity index is 338. The number of halogens is 5. The molecule has 1 atom stereocenters. The molecule has 0 fully saturated rings. The van der Waals surface area contributed by atoms with Crippen molar-refractivity contribution in [3.63, 3.8) is 0 Å². The summed E-state index contributed by atoms with van der Waals surface area (Å²) in [7, 11) is 0. The highest BCUT2D eigenvalue weighted by molar-refractivity contribution is 9.10. The number of rotatable bonds is 2. The summed E-state index contributed by atoms with van der Waals surface area (Å²) in [6.07, 6.45) is 0. The van der Waals surface area contributed by atoms with Crippen molar-refractivity contribution in [1.29, 1.82) is 0 Å². The van der Waals surface area contributed by atoms with Crippen molar-refractivity contribution >= 4 is 28.3 Å². The van der Waals surface area contributed by atoms with Gasteiger partial charge < -0.3 is 10.8 Å². The van der Waals surface area contributed by atoms with Gasteiger partial charge in [-0.2, -0.15) is 0 Å². The molecule has 0 aliphatic heterocycles. The van der Waals surface area contributed by atoms with Crippen molar-refractivity contribution in [1.82, 2.24) is 0 Å². The summed E-state index contributed by atoms with van der Waals surface area (Å²) in [5, 5.41) is 9.30. The average Bonchev–Trinajstić information content (AvgIpc) is 2.15. The summed E-state index contributed by atoms with van der Waals surface area (Å²) in [5.74, 6) is -3.08. The molecule has 7 heteroatoms. The van der Waals surface area contributed by atoms with Crippen LogP contribution >= 0.6 is 28.3 Å². The quantitative estimate of drug-likeness (QED) is 0.825. The molecule has 0 aliphatic carbocycles. The number of phenols is 1. The van der Waals surface area contributed by atoms with Gasteiger partial charge in [-0.1, -0.05) is 0 Å². The van der Waals surface area contributed by atoms with Crippen molar-refractivity contribution in [2.45, 2.75) is 6.04 Å². The lowest BCUT2D eigenvalue weighted by molar-refractivity contribution is 0.389. The third kappa shape index (κ3) is 2.76. The maximum atomic E-state index is 13.1. The molecule has 0 bridgehead atoms. The lowest BCUT2D eigenvalue weighted by Crippen LogP contribution is -2.15. The molecule has 0 amide bonds. The highest BCUT2D eigenvalue weighted by Gasteiger charge is 2.22. The van der Waals surface area contributed by atoms with E-state index in [1.54, 1.807) is 0 Å². The Kier molecular flexibility index (Phi) is 5.41. The van der Waals surface area contributed by atoms with Crippen LogP contribution in [0.15, 0.2) is 10.5 Å². The van der Waals surface area contributed by atoms with Crippen molar-refractivity contribution in [2.75, 3.05) is 6.67 Å². The molecule has 3 N–H and O–H groups in total. The van der Waals surface area contributed by atoms with Crippen LogP contribution in [0.3, 0.4) is 0 Å². The maximum absolute atomic E-state index is 13.1. The lowest BCUT2D eigenvalue weighted by atomic mass is 10.1. The summed E-state index contributed by atoms with van der Waals surface area (Å²) in [6.45, 7) is -1.08. The van der Waals surface area contributed by atoms with Gasteiger partial charge in [-0.05, 0) is 22.0 Å². The van der Waals surface area contributed by atoms with E-state index in [4.69, 9.17) is 5.73 Å². The smallest absolute Gasteiger partial charge is 0.167 e. The third-order valence-electron chi connectivity index (χ3n) is 1.72. The van der Waals surface area contributed by atoms with Crippen LogP contribution in [-0.4, -0.2) is 11.8 Å². The molecule has 15 heavy (non-hydrogen) atoms. The number of hydrogen-bond acceptors (Lipinski definition) is 2. The Morgan fingerprint density at radius 1 is 1.47 bits per heavy atom. The Hall–Kier alpha value is -0.460. The van der Waals surface area contributed by atoms with Crippen molar-refractivity contribution in [3.05, 3.63) is 27.7 Å². The van der Waals surface area contributed by atoms with Crippen molar-refractivity contribution in [2.24, 2.45) is 5.73 Å². The highest BCUT2D eigenvalue weighted by atomic mass is 79.9. The average molecular weight is 307 g/mol. The summed E-state index contributed by atoms with van der Waals surface area (Å²) >= 11 is 2.79. The minimum Gasteiger partial charge on any atom is -0.506 e. The first-order valence-electron chi connectivity index (χ1n) is 3.67. The fraction of sp³-hybridized carbons (Fsp3) is 0.250. The normalized spacial score (nSPS) is 12.1. The van der Waals surface area contributed by atoms with Gasteiger partial charge in [0.05, 0.1) is 16.1 Å². The number of phenolic OH excluding ortho intramolecular Hbond substituents is 1. The molecule has 0 saturated heterocycles. The van der Waals surface area contributed by atoms with Gasteiger partial charge in [0.1, 0.15) is 12.4 Å². The summed E-state index contributed by atoms with van der Waals surface area (Å²) in [4.78, 5) is 0. The lowest BCUT2D eigenvalue weighted by Gasteiger charge is -2.12. The van der Waals surface area contributed by atoms with Crippen LogP contribution in [0.5, 0.6) is 5.75 Å². The number of benzene rings is 1. The van der Waals surface area contributed by atoms with Crippen LogP contribution in [0, 0.1) is 11.6 Å². The van der Waals surface area contributed by atoms with E-state index in [0.29, 0.717) is 0 Å². The van der Waals surface area contributed by atoms with Gasteiger partial charge in [0.15, 0.2) is 11.6 Å². The molecule has 0 unspecified atom stereocenters. The Morgan fingerprint density at radius 2 is 2.00 bits per heavy atom. The number of nitrogens with two attached hydrogens (primary N) is 1. The molecule has 1 rings (SSSR count). The van der Waals surface area contributed by atoms with Crippen LogP contribution in [-0.2, 0) is 0 Å². The van der Waals surface area contributed by atoms with E-state index in [1.165, 1.54) is 0 Å². The zero-order chi connectivity index (χ0) is 10.9. The van der Waals surface area contributed by atoms with E-state index in [-0.39, 0.29) is 16.9 Å². The summed E-state index contributed by atoms with van der Waals surface area (Å²) in [5.41, 5.74) is 4.62. The second-order valence-corrected chi connectivity index (χ2v) is 3.53. The van der Waals surface area contributed by atoms with E-state index in [9.17, 15) is 18.3 Å². The van der Waals surface area contributed by atoms with E-state index in [2.05, 4.69) is 15.9 Å². The molecule has 0 radical (unpaired) electrons. The van der Waals surface area contributed by atoms with Gasteiger partial charge in [-0.3, -0.25) is 0 Å². The van der Waals surface area contributed by atoms with Gasteiger partial charge in [-0.15, -0.1) is 12.4 Å². The zero-order valence-electron chi connectivity index (χ0n) is 7.31. The predicted octanol–water partition coefficient (Wildman–Crippen LogP) is 2.82. The zero-order valence-corrected chi connectivity index (χ0v) is 9.71. The molecule has 0 heterocycles. The van der Waals surface area contributed by atoms with E-state index < -0.39 is 35.7 Å². The molecule has 0 saturated carbocycles. The van der Waals surface area contributed by atoms with Gasteiger partial charge >= 0.3 is 0 Å². The van der Waals surface area contributed by atoms with Gasteiger partial charge in [0, 0.05) is 0 Å². The molecular formula is C8H8BrClF3NO. The summed E-state index contributed by atoms with van der Waals surface area (Å²) < 4.78 is 38.0. The Morgan fingerprint density at radius 3 is 2.47 bits per heavy atom. The van der Waals surface area contributed by atoms with Crippen LogP contribution in [0.2, 0.25) is 0 Å². The molecule has 2 nitrogen and oxygen atoms in total. The standard InChI is InChI=1S/C8H7BrF3NO.ClH/c9-3-1-4(11)7(12)6(8(3)14)5(13)2-10;/h1,5,14H,2,13H2;1H/t5-;/m1./s1. The Labute approximate surface area is 98.8 Å². The highest BCUT2D eigenvalue weighted by Crippen LogP contribution is 2.34. The number of hydrogen-bond donors (Lipinski definition) is 2. The molecular weight excluding hydrogens is 298 g/mol. The van der Waals surface area contributed by atoms with Crippen LogP contribution in [0.1, 0.15) is 11.6 Å². The van der Waals surface area contributed by atoms with E-state index in [1.807, 2.05) is 0 Å². The molecule has 0 aromatic heterocycles. The molecule has 86 valence electrons. The maximum Gasteiger partial charge on any atom is 0.167 e. The second kappa shape index (κ2) is 5.58.